The molecule has 2 aromatic heterocycles. The highest BCUT2D eigenvalue weighted by Gasteiger charge is 2.28. The Labute approximate surface area is 163 Å². The number of aromatic nitrogens is 2. The number of fused-ring (bicyclic) bond motifs is 1. The highest BCUT2D eigenvalue weighted by Crippen LogP contribution is 2.40. The Morgan fingerprint density at radius 1 is 1.35 bits per heavy atom. The Hall–Kier alpha value is -1.65. The standard InChI is InChI=1S/C16H20N4O3S3/c1-8-4-5-9-10(6-8)25-13(12(9)14(22)23-3)18-11(21)7-24-16-20-19-15(17-2)26-16/h8H,4-7H2,1-3H3,(H,17,19)(H,18,21)/t8-/m0/s1. The van der Waals surface area contributed by atoms with Crippen molar-refractivity contribution in [2.75, 3.05) is 30.5 Å². The van der Waals surface area contributed by atoms with Crippen molar-refractivity contribution in [3.05, 3.63) is 16.0 Å². The van der Waals surface area contributed by atoms with Crippen LogP contribution in [-0.2, 0) is 22.4 Å². The van der Waals surface area contributed by atoms with Crippen LogP contribution in [0.1, 0.15) is 34.1 Å². The molecular weight excluding hydrogens is 392 g/mol. The Balaban J connectivity index is 1.71. The van der Waals surface area contributed by atoms with Gasteiger partial charge in [-0.15, -0.1) is 21.5 Å². The molecule has 0 fully saturated rings. The number of carbonyl (C=O) groups excluding carboxylic acids is 2. The van der Waals surface area contributed by atoms with E-state index in [0.717, 1.165) is 29.2 Å². The van der Waals surface area contributed by atoms with Gasteiger partial charge in [0, 0.05) is 11.9 Å². The summed E-state index contributed by atoms with van der Waals surface area (Å²) in [5, 5.41) is 15.0. The monoisotopic (exact) mass is 412 g/mol. The molecule has 0 spiro atoms. The van der Waals surface area contributed by atoms with Gasteiger partial charge in [-0.2, -0.15) is 0 Å². The number of hydrogen-bond donors (Lipinski definition) is 2. The molecule has 0 saturated carbocycles. The van der Waals surface area contributed by atoms with E-state index in [2.05, 4.69) is 27.8 Å². The summed E-state index contributed by atoms with van der Waals surface area (Å²) >= 11 is 4.20. The average Bonchev–Trinajstić information content (AvgIpc) is 3.22. The number of thiophene rings is 1. The van der Waals surface area contributed by atoms with Crippen molar-refractivity contribution in [3.8, 4) is 0 Å². The quantitative estimate of drug-likeness (QED) is 0.555. The fourth-order valence-corrected chi connectivity index (χ4v) is 5.74. The van der Waals surface area contributed by atoms with Gasteiger partial charge in [0.15, 0.2) is 4.34 Å². The molecule has 140 valence electrons. The number of methoxy groups -OCH3 is 1. The summed E-state index contributed by atoms with van der Waals surface area (Å²) in [5.41, 5.74) is 1.55. The van der Waals surface area contributed by atoms with Crippen molar-refractivity contribution in [1.82, 2.24) is 10.2 Å². The molecule has 0 aliphatic heterocycles. The summed E-state index contributed by atoms with van der Waals surface area (Å²) in [4.78, 5) is 25.8. The third-order valence-electron chi connectivity index (χ3n) is 4.10. The molecule has 10 heteroatoms. The first-order chi connectivity index (χ1) is 12.5. The number of esters is 1. The summed E-state index contributed by atoms with van der Waals surface area (Å²) in [6.07, 6.45) is 2.83. The summed E-state index contributed by atoms with van der Waals surface area (Å²) in [6, 6.07) is 0. The van der Waals surface area contributed by atoms with E-state index in [1.807, 2.05) is 0 Å². The van der Waals surface area contributed by atoms with Crippen molar-refractivity contribution in [2.45, 2.75) is 30.5 Å². The van der Waals surface area contributed by atoms with Gasteiger partial charge in [0.2, 0.25) is 11.0 Å². The molecule has 7 nitrogen and oxygen atoms in total. The maximum Gasteiger partial charge on any atom is 0.341 e. The van der Waals surface area contributed by atoms with Gasteiger partial charge in [-0.25, -0.2) is 4.79 Å². The first kappa shape index (κ1) is 19.1. The molecule has 1 atom stereocenters. The van der Waals surface area contributed by atoms with Crippen LogP contribution in [0.2, 0.25) is 0 Å². The van der Waals surface area contributed by atoms with Crippen LogP contribution < -0.4 is 10.6 Å². The molecule has 0 unspecified atom stereocenters. The van der Waals surface area contributed by atoms with E-state index < -0.39 is 0 Å². The van der Waals surface area contributed by atoms with E-state index in [1.165, 1.54) is 46.4 Å². The molecule has 2 N–H and O–H groups in total. The molecule has 0 saturated heterocycles. The minimum atomic E-state index is -0.386. The summed E-state index contributed by atoms with van der Waals surface area (Å²) in [5.74, 6) is 0.234. The van der Waals surface area contributed by atoms with E-state index in [1.54, 1.807) is 7.05 Å². The van der Waals surface area contributed by atoms with Crippen LogP contribution in [0.3, 0.4) is 0 Å². The minimum absolute atomic E-state index is 0.173. The fraction of sp³-hybridized carbons (Fsp3) is 0.500. The predicted octanol–water partition coefficient (Wildman–Crippen LogP) is 3.28. The molecule has 1 amide bonds. The Bertz CT molecular complexity index is 818. The van der Waals surface area contributed by atoms with Gasteiger partial charge in [0.05, 0.1) is 18.4 Å². The van der Waals surface area contributed by atoms with Crippen LogP contribution in [0.25, 0.3) is 0 Å². The maximum atomic E-state index is 12.4. The molecule has 1 aliphatic rings. The highest BCUT2D eigenvalue weighted by atomic mass is 32.2. The van der Waals surface area contributed by atoms with Crippen LogP contribution in [0.5, 0.6) is 0 Å². The number of hydrogen-bond acceptors (Lipinski definition) is 9. The van der Waals surface area contributed by atoms with Gasteiger partial charge >= 0.3 is 5.97 Å². The Kier molecular flexibility index (Phi) is 6.15. The molecule has 3 rings (SSSR count). The zero-order valence-electron chi connectivity index (χ0n) is 14.7. The number of rotatable bonds is 6. The lowest BCUT2D eigenvalue weighted by atomic mass is 9.88. The van der Waals surface area contributed by atoms with Crippen molar-refractivity contribution in [1.29, 1.82) is 0 Å². The second kappa shape index (κ2) is 8.36. The molecule has 26 heavy (non-hydrogen) atoms. The number of nitrogens with one attached hydrogen (secondary N) is 2. The number of anilines is 2. The van der Waals surface area contributed by atoms with Crippen LogP contribution in [-0.4, -0.2) is 42.0 Å². The SMILES string of the molecule is CNc1nnc(SCC(=O)Nc2sc3c(c2C(=O)OC)CC[C@H](C)C3)s1. The van der Waals surface area contributed by atoms with Gasteiger partial charge in [-0.1, -0.05) is 30.0 Å². The first-order valence-electron chi connectivity index (χ1n) is 8.18. The van der Waals surface area contributed by atoms with E-state index in [4.69, 9.17) is 4.74 Å². The lowest BCUT2D eigenvalue weighted by Crippen LogP contribution is -2.17. The van der Waals surface area contributed by atoms with Crippen molar-refractivity contribution < 1.29 is 14.3 Å². The molecule has 2 heterocycles. The van der Waals surface area contributed by atoms with Crippen LogP contribution in [0, 0.1) is 5.92 Å². The predicted molar refractivity (Wildman–Crippen MR) is 106 cm³/mol. The third kappa shape index (κ3) is 4.18. The highest BCUT2D eigenvalue weighted by molar-refractivity contribution is 8.01. The van der Waals surface area contributed by atoms with Crippen LogP contribution in [0.15, 0.2) is 4.34 Å². The lowest BCUT2D eigenvalue weighted by molar-refractivity contribution is -0.113. The number of thioether (sulfide) groups is 1. The summed E-state index contributed by atoms with van der Waals surface area (Å²) < 4.78 is 5.66. The van der Waals surface area contributed by atoms with Gasteiger partial charge in [0.25, 0.3) is 0 Å². The fourth-order valence-electron chi connectivity index (χ4n) is 2.82. The summed E-state index contributed by atoms with van der Waals surface area (Å²) in [6.45, 7) is 2.21. The van der Waals surface area contributed by atoms with Crippen molar-refractivity contribution >= 4 is 56.4 Å². The van der Waals surface area contributed by atoms with Gasteiger partial charge in [0.1, 0.15) is 5.00 Å². The lowest BCUT2D eigenvalue weighted by Gasteiger charge is -2.18. The third-order valence-corrected chi connectivity index (χ3v) is 7.35. The summed E-state index contributed by atoms with van der Waals surface area (Å²) in [7, 11) is 3.14. The van der Waals surface area contributed by atoms with Crippen LogP contribution >= 0.6 is 34.4 Å². The number of nitrogens with zero attached hydrogens (tertiary/aromatic N) is 2. The number of ether oxygens (including phenoxy) is 1. The van der Waals surface area contributed by atoms with E-state index in [0.29, 0.717) is 21.6 Å². The first-order valence-corrected chi connectivity index (χ1v) is 10.8. The van der Waals surface area contributed by atoms with E-state index in [9.17, 15) is 9.59 Å². The maximum absolute atomic E-state index is 12.4. The second-order valence-corrected chi connectivity index (χ2v) is 9.31. The molecule has 2 aromatic rings. The minimum Gasteiger partial charge on any atom is -0.465 e. The van der Waals surface area contributed by atoms with Gasteiger partial charge < -0.3 is 15.4 Å². The molecular formula is C16H20N4O3S3. The normalized spacial score (nSPS) is 16.0. The molecule has 1 aliphatic carbocycles. The number of amides is 1. The molecule has 0 aromatic carbocycles. The van der Waals surface area contributed by atoms with Crippen molar-refractivity contribution in [3.63, 3.8) is 0 Å². The second-order valence-electron chi connectivity index (χ2n) is 6.01. The van der Waals surface area contributed by atoms with E-state index in [-0.39, 0.29) is 17.6 Å². The van der Waals surface area contributed by atoms with Gasteiger partial charge in [-0.05, 0) is 30.7 Å². The van der Waals surface area contributed by atoms with Crippen LogP contribution in [0.4, 0.5) is 10.1 Å². The zero-order chi connectivity index (χ0) is 18.7. The Morgan fingerprint density at radius 3 is 2.85 bits per heavy atom. The van der Waals surface area contributed by atoms with Crippen molar-refractivity contribution in [2.24, 2.45) is 5.92 Å². The largest absolute Gasteiger partial charge is 0.465 e. The smallest absolute Gasteiger partial charge is 0.341 e. The van der Waals surface area contributed by atoms with Gasteiger partial charge in [-0.3, -0.25) is 4.79 Å². The molecule has 0 radical (unpaired) electrons. The Morgan fingerprint density at radius 2 is 2.15 bits per heavy atom. The topological polar surface area (TPSA) is 93.2 Å². The average molecular weight is 413 g/mol. The molecule has 0 bridgehead atoms. The number of carbonyl (C=O) groups is 2. The zero-order valence-corrected chi connectivity index (χ0v) is 17.2. The van der Waals surface area contributed by atoms with E-state index >= 15 is 0 Å².